The van der Waals surface area contributed by atoms with Crippen LogP contribution < -0.4 is 17.0 Å². The smallest absolute Gasteiger partial charge is 0.280 e. The highest BCUT2D eigenvalue weighted by molar-refractivity contribution is 5.82. The molecule has 1 saturated heterocycles. The number of anilines is 2. The zero-order valence-electron chi connectivity index (χ0n) is 17.8. The van der Waals surface area contributed by atoms with Crippen molar-refractivity contribution in [2.24, 2.45) is 0 Å². The van der Waals surface area contributed by atoms with Gasteiger partial charge in [0, 0.05) is 5.69 Å². The molecule has 8 N–H and O–H groups in total. The minimum absolute atomic E-state index is 0.0109. The molecule has 1 aliphatic carbocycles. The van der Waals surface area contributed by atoms with Crippen LogP contribution in [-0.2, 0) is 4.74 Å². The van der Waals surface area contributed by atoms with E-state index in [0.717, 1.165) is 22.3 Å². The lowest BCUT2D eigenvalue weighted by molar-refractivity contribution is -0.0523. The molecule has 1 fully saturated rings. The van der Waals surface area contributed by atoms with Crippen LogP contribution in [0.1, 0.15) is 29.1 Å². The maximum Gasteiger partial charge on any atom is 0.280 e. The zero-order chi connectivity index (χ0) is 23.7. The van der Waals surface area contributed by atoms with Crippen LogP contribution in [0.5, 0.6) is 0 Å². The van der Waals surface area contributed by atoms with Crippen LogP contribution in [0.4, 0.5) is 11.6 Å². The number of hydrogen-bond donors (Lipinski definition) is 6. The number of nitrogens with two attached hydrogens (primary N) is 2. The van der Waals surface area contributed by atoms with Crippen molar-refractivity contribution in [3.05, 3.63) is 69.8 Å². The number of aromatic nitrogens is 4. The first-order chi connectivity index (χ1) is 16.4. The Morgan fingerprint density at radius 3 is 2.56 bits per heavy atom. The largest absolute Gasteiger partial charge is 0.399 e. The predicted molar refractivity (Wildman–Crippen MR) is 123 cm³/mol. The Kier molecular flexibility index (Phi) is 4.51. The van der Waals surface area contributed by atoms with Gasteiger partial charge in [-0.25, -0.2) is 4.98 Å². The van der Waals surface area contributed by atoms with Crippen molar-refractivity contribution in [3.63, 3.8) is 0 Å². The molecule has 2 aromatic carbocycles. The number of fused-ring (bicyclic) bond motifs is 4. The lowest BCUT2D eigenvalue weighted by Gasteiger charge is -2.22. The van der Waals surface area contributed by atoms with Gasteiger partial charge in [-0.1, -0.05) is 30.3 Å². The normalized spacial score (nSPS) is 25.6. The Labute approximate surface area is 192 Å². The molecule has 1 aliphatic heterocycles. The van der Waals surface area contributed by atoms with E-state index in [1.54, 1.807) is 0 Å². The van der Waals surface area contributed by atoms with E-state index in [9.17, 15) is 20.1 Å². The Balaban J connectivity index is 1.67. The summed E-state index contributed by atoms with van der Waals surface area (Å²) in [6.07, 6.45) is -4.95. The molecule has 11 heteroatoms. The second kappa shape index (κ2) is 7.37. The van der Waals surface area contributed by atoms with E-state index in [-0.39, 0.29) is 17.1 Å². The summed E-state index contributed by atoms with van der Waals surface area (Å²) in [7, 11) is 0. The zero-order valence-corrected chi connectivity index (χ0v) is 17.8. The van der Waals surface area contributed by atoms with Crippen LogP contribution in [0.25, 0.3) is 22.3 Å². The quantitative estimate of drug-likeness (QED) is 0.202. The molecule has 0 amide bonds. The van der Waals surface area contributed by atoms with Crippen molar-refractivity contribution in [2.45, 2.75) is 30.5 Å². The Hall–Kier alpha value is -3.77. The van der Waals surface area contributed by atoms with Gasteiger partial charge in [0.2, 0.25) is 5.95 Å². The monoisotopic (exact) mass is 462 g/mol. The Morgan fingerprint density at radius 2 is 1.79 bits per heavy atom. The molecule has 4 aromatic rings. The number of nitrogens with one attached hydrogen (secondary N) is 1. The van der Waals surface area contributed by atoms with Gasteiger partial charge < -0.3 is 31.5 Å². The molecule has 5 atom stereocenters. The molecular weight excluding hydrogens is 440 g/mol. The minimum Gasteiger partial charge on any atom is -0.399 e. The molecule has 0 saturated carbocycles. The number of aromatic amines is 1. The van der Waals surface area contributed by atoms with E-state index in [2.05, 4.69) is 15.0 Å². The second-order valence-electron chi connectivity index (χ2n) is 8.56. The summed E-state index contributed by atoms with van der Waals surface area (Å²) in [6.45, 7) is -0.502. The summed E-state index contributed by atoms with van der Waals surface area (Å²) in [4.78, 5) is 24.1. The van der Waals surface area contributed by atoms with E-state index in [1.807, 2.05) is 42.5 Å². The standard InChI is InChI=1S/C23H22N6O5/c24-9-5-6-11-10-3-1-2-4-12(10)15(13(11)7-9)19-26-16-20(27-23(25)28-21(16)33)29(19)22-18(32)17(31)14(8-30)34-22/h1-7,14-15,17-18,22,30-32H,8,24H2,(H3,25,27,28,33)/t14-,15?,17-,18-,22-/m1/s1. The van der Waals surface area contributed by atoms with Gasteiger partial charge in [0.25, 0.3) is 5.56 Å². The molecule has 1 unspecified atom stereocenters. The molecule has 0 spiro atoms. The van der Waals surface area contributed by atoms with Crippen molar-refractivity contribution < 1.29 is 20.1 Å². The summed E-state index contributed by atoms with van der Waals surface area (Å²) in [5.41, 5.74) is 15.8. The topological polar surface area (TPSA) is 186 Å². The molecule has 0 bridgehead atoms. The molecule has 34 heavy (non-hydrogen) atoms. The van der Waals surface area contributed by atoms with Crippen molar-refractivity contribution in [1.29, 1.82) is 0 Å². The SMILES string of the molecule is Nc1ccc2c(c1)C(c1nc3c(=O)[nH]c(N)nc3n1[C@@H]1O[C@H](CO)[C@@H](O)[C@H]1O)c1ccccc1-2. The van der Waals surface area contributed by atoms with Gasteiger partial charge in [0.05, 0.1) is 12.5 Å². The van der Waals surface area contributed by atoms with Crippen LogP contribution in [0.15, 0.2) is 47.3 Å². The number of benzene rings is 2. The van der Waals surface area contributed by atoms with Crippen LogP contribution >= 0.6 is 0 Å². The van der Waals surface area contributed by atoms with Gasteiger partial charge in [-0.15, -0.1) is 0 Å². The number of imidazole rings is 1. The average Bonchev–Trinajstić information content (AvgIpc) is 3.43. The number of H-pyrrole nitrogens is 1. The minimum atomic E-state index is -1.41. The van der Waals surface area contributed by atoms with Crippen LogP contribution in [0.3, 0.4) is 0 Å². The first-order valence-corrected chi connectivity index (χ1v) is 10.8. The van der Waals surface area contributed by atoms with Crippen LogP contribution in [-0.4, -0.2) is 59.8 Å². The van der Waals surface area contributed by atoms with Crippen molar-refractivity contribution in [3.8, 4) is 11.1 Å². The van der Waals surface area contributed by atoms with Gasteiger partial charge in [-0.05, 0) is 34.4 Å². The van der Waals surface area contributed by atoms with Crippen molar-refractivity contribution >= 4 is 22.8 Å². The van der Waals surface area contributed by atoms with E-state index < -0.39 is 42.6 Å². The highest BCUT2D eigenvalue weighted by Crippen LogP contribution is 2.49. The first kappa shape index (κ1) is 20.8. The van der Waals surface area contributed by atoms with Crippen LogP contribution in [0, 0.1) is 0 Å². The number of hydrogen-bond acceptors (Lipinski definition) is 9. The van der Waals surface area contributed by atoms with E-state index >= 15 is 0 Å². The van der Waals surface area contributed by atoms with Gasteiger partial charge in [-0.3, -0.25) is 14.3 Å². The molecule has 11 nitrogen and oxygen atoms in total. The average molecular weight is 462 g/mol. The van der Waals surface area contributed by atoms with Crippen molar-refractivity contribution in [2.75, 3.05) is 18.1 Å². The number of nitrogens with zero attached hydrogens (tertiary/aromatic N) is 3. The Bertz CT molecular complexity index is 1500. The third kappa shape index (κ3) is 2.82. The second-order valence-corrected chi connectivity index (χ2v) is 8.56. The third-order valence-electron chi connectivity index (χ3n) is 6.57. The molecule has 174 valence electrons. The molecule has 2 aliphatic rings. The lowest BCUT2D eigenvalue weighted by atomic mass is 9.95. The number of aliphatic hydroxyl groups is 3. The highest BCUT2D eigenvalue weighted by Gasteiger charge is 2.46. The van der Waals surface area contributed by atoms with Gasteiger partial charge in [0.15, 0.2) is 17.4 Å². The van der Waals surface area contributed by atoms with Gasteiger partial charge in [0.1, 0.15) is 24.1 Å². The maximum absolute atomic E-state index is 12.7. The van der Waals surface area contributed by atoms with E-state index in [4.69, 9.17) is 16.2 Å². The molecule has 3 heterocycles. The van der Waals surface area contributed by atoms with Crippen molar-refractivity contribution in [1.82, 2.24) is 19.5 Å². The number of ether oxygens (including phenoxy) is 1. The molecule has 0 radical (unpaired) electrons. The summed E-state index contributed by atoms with van der Waals surface area (Å²) >= 11 is 0. The fourth-order valence-corrected chi connectivity index (χ4v) is 5.07. The summed E-state index contributed by atoms with van der Waals surface area (Å²) in [6, 6.07) is 13.4. The Morgan fingerprint density at radius 1 is 1.03 bits per heavy atom. The van der Waals surface area contributed by atoms with Gasteiger partial charge in [-0.2, -0.15) is 4.98 Å². The fourth-order valence-electron chi connectivity index (χ4n) is 5.07. The summed E-state index contributed by atoms with van der Waals surface area (Å²) < 4.78 is 7.31. The van der Waals surface area contributed by atoms with Gasteiger partial charge >= 0.3 is 0 Å². The van der Waals surface area contributed by atoms with E-state index in [1.165, 1.54) is 4.57 Å². The summed E-state index contributed by atoms with van der Waals surface area (Å²) in [5, 5.41) is 30.9. The van der Waals surface area contributed by atoms with E-state index in [0.29, 0.717) is 11.5 Å². The summed E-state index contributed by atoms with van der Waals surface area (Å²) in [5.74, 6) is -0.232. The third-order valence-corrected chi connectivity index (χ3v) is 6.57. The molecule has 2 aromatic heterocycles. The number of nitrogen functional groups attached to an aromatic ring is 2. The molecular formula is C23H22N6O5. The highest BCUT2D eigenvalue weighted by atomic mass is 16.6. The lowest BCUT2D eigenvalue weighted by Crippen LogP contribution is -2.33. The number of aliphatic hydroxyl groups excluding tert-OH is 3. The number of rotatable bonds is 3. The predicted octanol–water partition coefficient (Wildman–Crippen LogP) is 0.0561. The fraction of sp³-hybridized carbons (Fsp3) is 0.261. The maximum atomic E-state index is 12.7. The first-order valence-electron chi connectivity index (χ1n) is 10.8. The van der Waals surface area contributed by atoms with Crippen LogP contribution in [0.2, 0.25) is 0 Å². The molecule has 6 rings (SSSR count).